The Labute approximate surface area is 191 Å². The maximum absolute atomic E-state index is 12.8. The van der Waals surface area contributed by atoms with Crippen LogP contribution >= 0.6 is 27.5 Å². The van der Waals surface area contributed by atoms with Gasteiger partial charge in [-0.2, -0.15) is 0 Å². The lowest BCUT2D eigenvalue weighted by Crippen LogP contribution is -2.09. The molecule has 0 spiro atoms. The van der Waals surface area contributed by atoms with Crippen molar-refractivity contribution in [1.82, 2.24) is 0 Å². The summed E-state index contributed by atoms with van der Waals surface area (Å²) in [6.07, 6.45) is 1.24. The van der Waals surface area contributed by atoms with Crippen molar-refractivity contribution in [2.45, 2.75) is 13.8 Å². The smallest absolute Gasteiger partial charge is 0.343 e. The third-order valence-electron chi connectivity index (χ3n) is 4.64. The lowest BCUT2D eigenvalue weighted by atomic mass is 10.1. The largest absolute Gasteiger partial charge is 0.460 e. The normalized spacial score (nSPS) is 10.8. The van der Waals surface area contributed by atoms with E-state index in [1.807, 2.05) is 13.8 Å². The summed E-state index contributed by atoms with van der Waals surface area (Å²) in [6.45, 7) is 3.73. The quantitative estimate of drug-likeness (QED) is 0.227. The highest BCUT2D eigenvalue weighted by Crippen LogP contribution is 2.29. The summed E-state index contributed by atoms with van der Waals surface area (Å²) < 4.78 is 17.6. The Morgan fingerprint density at radius 2 is 1.65 bits per heavy atom. The van der Waals surface area contributed by atoms with Gasteiger partial charge in [0.05, 0.1) is 10.9 Å². The van der Waals surface area contributed by atoms with Gasteiger partial charge in [0.15, 0.2) is 0 Å². The highest BCUT2D eigenvalue weighted by Gasteiger charge is 2.14. The summed E-state index contributed by atoms with van der Waals surface area (Å²) in [5.41, 5.74) is 2.04. The molecule has 0 fully saturated rings. The van der Waals surface area contributed by atoms with E-state index in [-0.39, 0.29) is 22.5 Å². The first kappa shape index (κ1) is 21.2. The standard InChI is InChI=1S/C24H16BrClO5/c1-13-9-18(10-14(2)22(13)26)30-21-12-29-20-11-17(7-8-19(20)23(21)27)31-24(28)15-3-5-16(25)6-4-15/h3-12H,1-2H3. The van der Waals surface area contributed by atoms with Gasteiger partial charge in [0, 0.05) is 15.6 Å². The van der Waals surface area contributed by atoms with Gasteiger partial charge in [-0.1, -0.05) is 27.5 Å². The molecule has 0 aliphatic rings. The number of fused-ring (bicyclic) bond motifs is 1. The lowest BCUT2D eigenvalue weighted by Gasteiger charge is -2.10. The van der Waals surface area contributed by atoms with E-state index in [9.17, 15) is 9.59 Å². The third-order valence-corrected chi connectivity index (χ3v) is 5.77. The molecule has 0 unspecified atom stereocenters. The van der Waals surface area contributed by atoms with Crippen LogP contribution in [0.5, 0.6) is 17.2 Å². The number of hydrogen-bond donors (Lipinski definition) is 0. The Morgan fingerprint density at radius 1 is 0.968 bits per heavy atom. The first-order valence-electron chi connectivity index (χ1n) is 9.30. The molecule has 4 aromatic rings. The molecule has 0 amide bonds. The number of hydrogen-bond acceptors (Lipinski definition) is 5. The fourth-order valence-electron chi connectivity index (χ4n) is 3.07. The number of ether oxygens (including phenoxy) is 2. The van der Waals surface area contributed by atoms with Gasteiger partial charge in [-0.05, 0) is 73.5 Å². The van der Waals surface area contributed by atoms with Gasteiger partial charge < -0.3 is 13.9 Å². The molecular formula is C24H16BrClO5. The average Bonchev–Trinajstić information content (AvgIpc) is 2.74. The van der Waals surface area contributed by atoms with Crippen LogP contribution in [0.1, 0.15) is 21.5 Å². The van der Waals surface area contributed by atoms with Crippen LogP contribution in [0, 0.1) is 13.8 Å². The topological polar surface area (TPSA) is 65.7 Å². The van der Waals surface area contributed by atoms with Crippen LogP contribution in [0.15, 0.2) is 74.5 Å². The van der Waals surface area contributed by atoms with Crippen LogP contribution in [0.4, 0.5) is 0 Å². The predicted octanol–water partition coefficient (Wildman–Crippen LogP) is 6.84. The molecule has 0 saturated carbocycles. The molecule has 0 N–H and O–H groups in total. The van der Waals surface area contributed by atoms with Crippen LogP contribution in [0.3, 0.4) is 0 Å². The van der Waals surface area contributed by atoms with Crippen LogP contribution in [0.2, 0.25) is 5.02 Å². The fourth-order valence-corrected chi connectivity index (χ4v) is 3.44. The van der Waals surface area contributed by atoms with E-state index in [4.69, 9.17) is 25.5 Å². The summed E-state index contributed by atoms with van der Waals surface area (Å²) in [7, 11) is 0. The summed E-state index contributed by atoms with van der Waals surface area (Å²) in [6, 6.07) is 14.9. The maximum Gasteiger partial charge on any atom is 0.343 e. The van der Waals surface area contributed by atoms with Gasteiger partial charge in [0.2, 0.25) is 11.2 Å². The van der Waals surface area contributed by atoms with Crippen molar-refractivity contribution in [2.24, 2.45) is 0 Å². The van der Waals surface area contributed by atoms with Crippen LogP contribution in [-0.2, 0) is 0 Å². The van der Waals surface area contributed by atoms with E-state index < -0.39 is 5.97 Å². The molecule has 0 bridgehead atoms. The average molecular weight is 500 g/mol. The molecule has 4 rings (SSSR count). The fraction of sp³-hybridized carbons (Fsp3) is 0.0833. The number of carbonyl (C=O) groups is 1. The monoisotopic (exact) mass is 498 g/mol. The van der Waals surface area contributed by atoms with Crippen LogP contribution < -0.4 is 14.9 Å². The van der Waals surface area contributed by atoms with Crippen molar-refractivity contribution < 1.29 is 18.7 Å². The minimum Gasteiger partial charge on any atom is -0.460 e. The molecule has 0 radical (unpaired) electrons. The van der Waals surface area contributed by atoms with E-state index in [0.717, 1.165) is 15.6 Å². The molecule has 3 aromatic carbocycles. The van der Waals surface area contributed by atoms with Crippen LogP contribution in [0.25, 0.3) is 11.0 Å². The Morgan fingerprint density at radius 3 is 2.32 bits per heavy atom. The molecule has 1 aromatic heterocycles. The molecule has 7 heteroatoms. The SMILES string of the molecule is Cc1cc(Oc2coc3cc(OC(=O)c4ccc(Br)cc4)ccc3c2=O)cc(C)c1Cl. The minimum absolute atomic E-state index is 0.0493. The molecule has 31 heavy (non-hydrogen) atoms. The van der Waals surface area contributed by atoms with Crippen molar-refractivity contribution >= 4 is 44.5 Å². The molecule has 0 saturated heterocycles. The number of rotatable bonds is 4. The summed E-state index contributed by atoms with van der Waals surface area (Å²) in [5.74, 6) is 0.295. The second kappa shape index (κ2) is 8.57. The first-order valence-corrected chi connectivity index (χ1v) is 10.5. The number of esters is 1. The summed E-state index contributed by atoms with van der Waals surface area (Å²) >= 11 is 9.51. The highest BCUT2D eigenvalue weighted by atomic mass is 79.9. The predicted molar refractivity (Wildman–Crippen MR) is 123 cm³/mol. The van der Waals surface area contributed by atoms with Gasteiger partial charge in [-0.25, -0.2) is 4.79 Å². The Hall–Kier alpha value is -3.09. The number of carbonyl (C=O) groups excluding carboxylic acids is 1. The molecule has 0 aliphatic heterocycles. The van der Waals surface area contributed by atoms with E-state index in [1.54, 1.807) is 36.4 Å². The molecule has 1 heterocycles. The zero-order chi connectivity index (χ0) is 22.1. The van der Waals surface area contributed by atoms with Crippen molar-refractivity contribution in [3.8, 4) is 17.2 Å². The van der Waals surface area contributed by atoms with E-state index in [1.165, 1.54) is 24.5 Å². The van der Waals surface area contributed by atoms with Crippen molar-refractivity contribution in [3.63, 3.8) is 0 Å². The van der Waals surface area contributed by atoms with E-state index in [2.05, 4.69) is 15.9 Å². The van der Waals surface area contributed by atoms with Gasteiger partial charge in [-0.15, -0.1) is 0 Å². The third kappa shape index (κ3) is 4.50. The maximum atomic E-state index is 12.8. The van der Waals surface area contributed by atoms with Crippen LogP contribution in [-0.4, -0.2) is 5.97 Å². The highest BCUT2D eigenvalue weighted by molar-refractivity contribution is 9.10. The first-order chi connectivity index (χ1) is 14.8. The second-order valence-corrected chi connectivity index (χ2v) is 8.25. The molecular weight excluding hydrogens is 484 g/mol. The van der Waals surface area contributed by atoms with E-state index in [0.29, 0.717) is 21.7 Å². The van der Waals surface area contributed by atoms with Crippen molar-refractivity contribution in [1.29, 1.82) is 0 Å². The molecule has 0 aliphatic carbocycles. The Balaban J connectivity index is 1.60. The summed E-state index contributed by atoms with van der Waals surface area (Å²) in [4.78, 5) is 25.1. The molecule has 156 valence electrons. The summed E-state index contributed by atoms with van der Waals surface area (Å²) in [5, 5.41) is 0.964. The van der Waals surface area contributed by atoms with Crippen molar-refractivity contribution in [2.75, 3.05) is 0 Å². The van der Waals surface area contributed by atoms with Gasteiger partial charge in [-0.3, -0.25) is 4.79 Å². The second-order valence-electron chi connectivity index (χ2n) is 6.96. The van der Waals surface area contributed by atoms with Crippen molar-refractivity contribution in [3.05, 3.63) is 97.3 Å². The molecule has 0 atom stereocenters. The molecule has 5 nitrogen and oxygen atoms in total. The Bertz CT molecular complexity index is 1340. The minimum atomic E-state index is -0.511. The zero-order valence-corrected chi connectivity index (χ0v) is 18.9. The number of halogens is 2. The zero-order valence-electron chi connectivity index (χ0n) is 16.6. The number of benzene rings is 3. The lowest BCUT2D eigenvalue weighted by molar-refractivity contribution is 0.0735. The van der Waals surface area contributed by atoms with Gasteiger partial charge in [0.1, 0.15) is 23.3 Å². The Kier molecular flexibility index (Phi) is 5.85. The number of aryl methyl sites for hydroxylation is 2. The van der Waals surface area contributed by atoms with Gasteiger partial charge >= 0.3 is 5.97 Å². The van der Waals surface area contributed by atoms with Gasteiger partial charge in [0.25, 0.3) is 0 Å². The van der Waals surface area contributed by atoms with E-state index >= 15 is 0 Å².